The van der Waals surface area contributed by atoms with E-state index >= 15 is 0 Å². The van der Waals surface area contributed by atoms with Crippen molar-refractivity contribution in [1.29, 1.82) is 0 Å². The maximum atomic E-state index is 2.55. The van der Waals surface area contributed by atoms with Gasteiger partial charge in [0.05, 0.1) is 10.9 Å². The molecule has 186 valence electrons. The van der Waals surface area contributed by atoms with Gasteiger partial charge in [-0.15, -0.1) is 0 Å². The molecule has 0 saturated carbocycles. The quantitative estimate of drug-likeness (QED) is 0.232. The standard InChI is InChI=1S/C38H26BN/c1-25-22-23-34-29(24-25)28-16-10-20-33-37(28)40(34)35-21-11-18-31-36(35)39(33)32-19-9-8-17-30(32)38(31,26-12-4-2-5-13-26)27-14-6-3-7-15-27/h2-24H,1H3. The van der Waals surface area contributed by atoms with E-state index in [1.165, 1.54) is 71.7 Å². The summed E-state index contributed by atoms with van der Waals surface area (Å²) >= 11 is 0. The Morgan fingerprint density at radius 1 is 0.550 bits per heavy atom. The number of aryl methyl sites for hydroxylation is 1. The Labute approximate surface area is 234 Å². The molecule has 2 aliphatic rings. The summed E-state index contributed by atoms with van der Waals surface area (Å²) in [6, 6.07) is 52.3. The summed E-state index contributed by atoms with van der Waals surface area (Å²) in [4.78, 5) is 0. The van der Waals surface area contributed by atoms with E-state index in [1.54, 1.807) is 0 Å². The molecule has 0 bridgehead atoms. The monoisotopic (exact) mass is 507 g/mol. The van der Waals surface area contributed by atoms with Crippen LogP contribution in [0.4, 0.5) is 0 Å². The second-order valence-electron chi connectivity index (χ2n) is 11.3. The smallest absolute Gasteiger partial charge is 0.247 e. The zero-order valence-corrected chi connectivity index (χ0v) is 22.3. The molecule has 40 heavy (non-hydrogen) atoms. The first-order valence-electron chi connectivity index (χ1n) is 14.2. The first kappa shape index (κ1) is 22.0. The molecule has 0 aliphatic carbocycles. The average Bonchev–Trinajstić information content (AvgIpc) is 3.34. The fourth-order valence-electron chi connectivity index (χ4n) is 7.95. The van der Waals surface area contributed by atoms with Gasteiger partial charge in [-0.3, -0.25) is 0 Å². The Bertz CT molecular complexity index is 2080. The summed E-state index contributed by atoms with van der Waals surface area (Å²) in [6.45, 7) is 2.36. The Balaban J connectivity index is 1.53. The van der Waals surface area contributed by atoms with Gasteiger partial charge in [0.2, 0.25) is 6.71 Å². The number of hydrogen-bond donors (Lipinski definition) is 0. The molecule has 9 rings (SSSR count). The molecule has 0 unspecified atom stereocenters. The predicted octanol–water partition coefficient (Wildman–Crippen LogP) is 6.62. The second kappa shape index (κ2) is 7.86. The zero-order valence-electron chi connectivity index (χ0n) is 22.3. The van der Waals surface area contributed by atoms with Crippen molar-refractivity contribution >= 4 is 44.9 Å². The summed E-state index contributed by atoms with van der Waals surface area (Å²) in [7, 11) is 0. The van der Waals surface area contributed by atoms with Gasteiger partial charge in [-0.1, -0.05) is 132 Å². The number of hydrogen-bond acceptors (Lipinski definition) is 0. The van der Waals surface area contributed by atoms with Gasteiger partial charge in [0.25, 0.3) is 0 Å². The van der Waals surface area contributed by atoms with Crippen molar-refractivity contribution in [3.8, 4) is 5.69 Å². The molecule has 0 spiro atoms. The Morgan fingerprint density at radius 2 is 1.20 bits per heavy atom. The van der Waals surface area contributed by atoms with Gasteiger partial charge in [0.1, 0.15) is 0 Å². The Morgan fingerprint density at radius 3 is 1.98 bits per heavy atom. The molecule has 0 saturated heterocycles. The molecule has 2 aliphatic heterocycles. The van der Waals surface area contributed by atoms with Crippen LogP contribution in [0.1, 0.15) is 27.8 Å². The molecular weight excluding hydrogens is 481 g/mol. The molecule has 0 atom stereocenters. The normalized spacial score (nSPS) is 14.3. The van der Waals surface area contributed by atoms with E-state index in [0.717, 1.165) is 0 Å². The number of rotatable bonds is 2. The van der Waals surface area contributed by atoms with Crippen molar-refractivity contribution < 1.29 is 0 Å². The highest BCUT2D eigenvalue weighted by atomic mass is 15.0. The van der Waals surface area contributed by atoms with E-state index in [0.29, 0.717) is 0 Å². The van der Waals surface area contributed by atoms with Gasteiger partial charge >= 0.3 is 0 Å². The van der Waals surface area contributed by atoms with E-state index < -0.39 is 5.41 Å². The summed E-state index contributed by atoms with van der Waals surface area (Å²) in [5, 5.41) is 2.67. The fourth-order valence-corrected chi connectivity index (χ4v) is 7.95. The van der Waals surface area contributed by atoms with Crippen LogP contribution in [0.3, 0.4) is 0 Å². The molecule has 2 heteroatoms. The lowest BCUT2D eigenvalue weighted by atomic mass is 9.29. The maximum absolute atomic E-state index is 2.55. The van der Waals surface area contributed by atoms with Crippen LogP contribution in [0, 0.1) is 6.92 Å². The third-order valence-electron chi connectivity index (χ3n) is 9.39. The molecule has 6 aromatic carbocycles. The van der Waals surface area contributed by atoms with Crippen LogP contribution in [-0.2, 0) is 5.41 Å². The van der Waals surface area contributed by atoms with Crippen LogP contribution in [-0.4, -0.2) is 11.3 Å². The average molecular weight is 507 g/mol. The molecule has 7 aromatic rings. The van der Waals surface area contributed by atoms with E-state index in [1.807, 2.05) is 0 Å². The van der Waals surface area contributed by atoms with Gasteiger partial charge in [-0.2, -0.15) is 0 Å². The molecule has 3 heterocycles. The first-order chi connectivity index (χ1) is 19.8. The highest BCUT2D eigenvalue weighted by Gasteiger charge is 2.50. The van der Waals surface area contributed by atoms with Crippen LogP contribution >= 0.6 is 0 Å². The lowest BCUT2D eigenvalue weighted by Gasteiger charge is -2.46. The summed E-state index contributed by atoms with van der Waals surface area (Å²) in [5.74, 6) is 0. The minimum atomic E-state index is -0.425. The molecule has 0 N–H and O–H groups in total. The molecule has 0 amide bonds. The highest BCUT2D eigenvalue weighted by molar-refractivity contribution is 6.99. The second-order valence-corrected chi connectivity index (χ2v) is 11.3. The summed E-state index contributed by atoms with van der Waals surface area (Å²) < 4.78 is 2.55. The number of fused-ring (bicyclic) bond motifs is 7. The van der Waals surface area contributed by atoms with Gasteiger partial charge in [-0.25, -0.2) is 0 Å². The molecule has 0 radical (unpaired) electrons. The number of aromatic nitrogens is 1. The Hall–Kier alpha value is -4.82. The molecule has 1 nitrogen and oxygen atoms in total. The maximum Gasteiger partial charge on any atom is 0.247 e. The largest absolute Gasteiger partial charge is 0.310 e. The van der Waals surface area contributed by atoms with Crippen molar-refractivity contribution in [3.05, 3.63) is 167 Å². The fraction of sp³-hybridized carbons (Fsp3) is 0.0526. The van der Waals surface area contributed by atoms with Crippen molar-refractivity contribution in [2.24, 2.45) is 0 Å². The topological polar surface area (TPSA) is 4.93 Å². The molecule has 1 aromatic heterocycles. The minimum absolute atomic E-state index is 0.171. The summed E-state index contributed by atoms with van der Waals surface area (Å²) in [6.07, 6.45) is 0. The van der Waals surface area contributed by atoms with Gasteiger partial charge < -0.3 is 4.57 Å². The molecular formula is C38H26BN. The zero-order chi connectivity index (χ0) is 26.4. The van der Waals surface area contributed by atoms with Crippen LogP contribution in [0.15, 0.2) is 140 Å². The van der Waals surface area contributed by atoms with Gasteiger partial charge in [-0.05, 0) is 58.3 Å². The third kappa shape index (κ3) is 2.59. The number of para-hydroxylation sites is 1. The van der Waals surface area contributed by atoms with E-state index in [-0.39, 0.29) is 6.71 Å². The van der Waals surface area contributed by atoms with E-state index in [4.69, 9.17) is 0 Å². The SMILES string of the molecule is Cc1ccc2c(c1)c1cccc3c1n2-c1cccc2c1B3c1ccccc1C2(c1ccccc1)c1ccccc1. The summed E-state index contributed by atoms with van der Waals surface area (Å²) in [5.41, 5.74) is 14.4. The van der Waals surface area contributed by atoms with Crippen molar-refractivity contribution in [3.63, 3.8) is 0 Å². The van der Waals surface area contributed by atoms with Gasteiger partial charge in [0, 0.05) is 22.0 Å². The van der Waals surface area contributed by atoms with Crippen molar-refractivity contribution in [1.82, 2.24) is 4.57 Å². The van der Waals surface area contributed by atoms with Crippen LogP contribution in [0.2, 0.25) is 0 Å². The van der Waals surface area contributed by atoms with E-state index in [9.17, 15) is 0 Å². The lowest BCUT2D eigenvalue weighted by Crippen LogP contribution is -2.64. The predicted molar refractivity (Wildman–Crippen MR) is 168 cm³/mol. The Kier molecular flexibility index (Phi) is 4.34. The number of benzene rings is 6. The van der Waals surface area contributed by atoms with Crippen LogP contribution < -0.4 is 16.4 Å². The first-order valence-corrected chi connectivity index (χ1v) is 14.2. The van der Waals surface area contributed by atoms with Crippen molar-refractivity contribution in [2.75, 3.05) is 0 Å². The van der Waals surface area contributed by atoms with Crippen molar-refractivity contribution in [2.45, 2.75) is 12.3 Å². The van der Waals surface area contributed by atoms with Crippen LogP contribution in [0.25, 0.3) is 27.5 Å². The van der Waals surface area contributed by atoms with Crippen LogP contribution in [0.5, 0.6) is 0 Å². The molecule has 0 fully saturated rings. The highest BCUT2D eigenvalue weighted by Crippen LogP contribution is 2.47. The lowest BCUT2D eigenvalue weighted by molar-refractivity contribution is 0.750. The minimum Gasteiger partial charge on any atom is -0.310 e. The van der Waals surface area contributed by atoms with Gasteiger partial charge in [0.15, 0.2) is 0 Å². The number of nitrogens with zero attached hydrogens (tertiary/aromatic N) is 1. The third-order valence-corrected chi connectivity index (χ3v) is 9.39. The van der Waals surface area contributed by atoms with E-state index in [2.05, 4.69) is 151 Å².